The number of methoxy groups -OCH3 is 2. The lowest BCUT2D eigenvalue weighted by molar-refractivity contribution is -0.130. The first kappa shape index (κ1) is 18.6. The minimum atomic E-state index is -0.471. The van der Waals surface area contributed by atoms with Gasteiger partial charge in [0.05, 0.1) is 19.9 Å². The molecule has 0 aromatic heterocycles. The van der Waals surface area contributed by atoms with Crippen molar-refractivity contribution in [2.75, 3.05) is 26.6 Å². The smallest absolute Gasteiger partial charge is 0.244 e. The minimum Gasteiger partial charge on any atom is -0.497 e. The van der Waals surface area contributed by atoms with E-state index >= 15 is 0 Å². The normalized spacial score (nSPS) is 11.6. The Balaban J connectivity index is 2.04. The van der Waals surface area contributed by atoms with Crippen LogP contribution in [0.3, 0.4) is 0 Å². The van der Waals surface area contributed by atoms with E-state index in [1.807, 2.05) is 0 Å². The Morgan fingerprint density at radius 1 is 1.20 bits per heavy atom. The first-order valence-corrected chi connectivity index (χ1v) is 7.92. The van der Waals surface area contributed by atoms with Crippen molar-refractivity contribution in [3.8, 4) is 11.5 Å². The molecule has 6 heteroatoms. The molecule has 0 unspecified atom stereocenters. The molecule has 0 spiro atoms. The zero-order valence-corrected chi connectivity index (χ0v) is 14.9. The molecule has 0 bridgehead atoms. The summed E-state index contributed by atoms with van der Waals surface area (Å²) in [4.78, 5) is 14.1. The molecule has 25 heavy (non-hydrogen) atoms. The van der Waals surface area contributed by atoms with E-state index < -0.39 is 6.04 Å². The first-order chi connectivity index (χ1) is 11.9. The number of amides is 1. The van der Waals surface area contributed by atoms with E-state index in [1.54, 1.807) is 63.4 Å². The summed E-state index contributed by atoms with van der Waals surface area (Å²) >= 11 is 0. The quantitative estimate of drug-likeness (QED) is 0.836. The summed E-state index contributed by atoms with van der Waals surface area (Å²) in [5.41, 5.74) is 1.44. The van der Waals surface area contributed by atoms with Gasteiger partial charge < -0.3 is 19.7 Å². The molecule has 0 aliphatic rings. The molecule has 0 heterocycles. The van der Waals surface area contributed by atoms with Crippen LogP contribution in [0.15, 0.2) is 42.5 Å². The van der Waals surface area contributed by atoms with E-state index in [1.165, 1.54) is 12.1 Å². The molecule has 2 rings (SSSR count). The maximum Gasteiger partial charge on any atom is 0.244 e. The van der Waals surface area contributed by atoms with Crippen LogP contribution in [-0.2, 0) is 11.3 Å². The van der Waals surface area contributed by atoms with Crippen molar-refractivity contribution >= 4 is 11.6 Å². The Hall–Kier alpha value is -2.76. The number of nitrogens with one attached hydrogen (secondary N) is 1. The van der Waals surface area contributed by atoms with E-state index in [0.717, 1.165) is 5.56 Å². The number of nitrogens with zero attached hydrogens (tertiary/aromatic N) is 1. The number of carbonyl (C=O) groups is 1. The minimum absolute atomic E-state index is 0.109. The standard InChI is InChI=1S/C19H23FN2O3/c1-13(21-17-9-8-16(24-3)11-18(17)25-4)19(23)22(2)12-14-6-5-7-15(20)10-14/h5-11,13,21H,12H2,1-4H3/t13-/m1/s1. The van der Waals surface area contributed by atoms with Gasteiger partial charge in [-0.2, -0.15) is 0 Å². The fourth-order valence-corrected chi connectivity index (χ4v) is 2.53. The lowest BCUT2D eigenvalue weighted by Crippen LogP contribution is -2.38. The van der Waals surface area contributed by atoms with Gasteiger partial charge in [-0.05, 0) is 36.8 Å². The van der Waals surface area contributed by atoms with Crippen LogP contribution >= 0.6 is 0 Å². The van der Waals surface area contributed by atoms with E-state index in [2.05, 4.69) is 5.32 Å². The van der Waals surface area contributed by atoms with Crippen LogP contribution in [0, 0.1) is 5.82 Å². The van der Waals surface area contributed by atoms with Gasteiger partial charge in [-0.3, -0.25) is 4.79 Å². The van der Waals surface area contributed by atoms with E-state index in [9.17, 15) is 9.18 Å². The van der Waals surface area contributed by atoms with Gasteiger partial charge in [0.25, 0.3) is 0 Å². The van der Waals surface area contributed by atoms with Crippen LogP contribution in [0.4, 0.5) is 10.1 Å². The number of hydrogen-bond donors (Lipinski definition) is 1. The highest BCUT2D eigenvalue weighted by molar-refractivity contribution is 5.84. The van der Waals surface area contributed by atoms with Crippen molar-refractivity contribution < 1.29 is 18.7 Å². The number of benzene rings is 2. The number of hydrogen-bond acceptors (Lipinski definition) is 4. The second-order valence-corrected chi connectivity index (χ2v) is 5.76. The number of likely N-dealkylation sites (N-methyl/N-ethyl adjacent to an activating group) is 1. The number of halogens is 1. The summed E-state index contributed by atoms with van der Waals surface area (Å²) in [5.74, 6) is 0.839. The Bertz CT molecular complexity index is 736. The Labute approximate surface area is 147 Å². The summed E-state index contributed by atoms with van der Waals surface area (Å²) in [6, 6.07) is 11.1. The van der Waals surface area contributed by atoms with Gasteiger partial charge in [-0.25, -0.2) is 4.39 Å². The third-order valence-corrected chi connectivity index (χ3v) is 3.84. The van der Waals surface area contributed by atoms with Gasteiger partial charge in [0.1, 0.15) is 23.4 Å². The zero-order chi connectivity index (χ0) is 18.4. The zero-order valence-electron chi connectivity index (χ0n) is 14.9. The molecule has 1 atom stereocenters. The highest BCUT2D eigenvalue weighted by Gasteiger charge is 2.19. The Morgan fingerprint density at radius 2 is 1.96 bits per heavy atom. The topological polar surface area (TPSA) is 50.8 Å². The molecule has 0 fully saturated rings. The first-order valence-electron chi connectivity index (χ1n) is 7.92. The summed E-state index contributed by atoms with van der Waals surface area (Å²) in [6.45, 7) is 2.11. The van der Waals surface area contributed by atoms with Crippen molar-refractivity contribution in [1.82, 2.24) is 4.90 Å². The summed E-state index contributed by atoms with van der Waals surface area (Å²) in [7, 11) is 4.83. The molecule has 0 saturated heterocycles. The second kappa shape index (κ2) is 8.37. The largest absolute Gasteiger partial charge is 0.497 e. The van der Waals surface area contributed by atoms with Crippen LogP contribution in [0.1, 0.15) is 12.5 Å². The van der Waals surface area contributed by atoms with E-state index in [4.69, 9.17) is 9.47 Å². The SMILES string of the molecule is COc1ccc(N[C@H](C)C(=O)N(C)Cc2cccc(F)c2)c(OC)c1. The summed E-state index contributed by atoms with van der Waals surface area (Å²) in [5, 5.41) is 3.14. The molecule has 2 aromatic rings. The average molecular weight is 346 g/mol. The third-order valence-electron chi connectivity index (χ3n) is 3.84. The molecule has 1 amide bonds. The summed E-state index contributed by atoms with van der Waals surface area (Å²) < 4.78 is 23.8. The molecule has 2 aromatic carbocycles. The fourth-order valence-electron chi connectivity index (χ4n) is 2.53. The van der Waals surface area contributed by atoms with Gasteiger partial charge in [0.15, 0.2) is 0 Å². The monoisotopic (exact) mass is 346 g/mol. The highest BCUT2D eigenvalue weighted by Crippen LogP contribution is 2.29. The van der Waals surface area contributed by atoms with Gasteiger partial charge in [-0.15, -0.1) is 0 Å². The van der Waals surface area contributed by atoms with E-state index in [-0.39, 0.29) is 11.7 Å². The Morgan fingerprint density at radius 3 is 2.60 bits per heavy atom. The van der Waals surface area contributed by atoms with Crippen LogP contribution in [0.25, 0.3) is 0 Å². The van der Waals surface area contributed by atoms with Gasteiger partial charge in [-0.1, -0.05) is 12.1 Å². The van der Waals surface area contributed by atoms with E-state index in [0.29, 0.717) is 23.7 Å². The van der Waals surface area contributed by atoms with Gasteiger partial charge in [0, 0.05) is 19.7 Å². The molecule has 0 aliphatic carbocycles. The van der Waals surface area contributed by atoms with Crippen molar-refractivity contribution in [3.63, 3.8) is 0 Å². The maximum absolute atomic E-state index is 13.3. The molecule has 0 radical (unpaired) electrons. The predicted molar refractivity (Wildman–Crippen MR) is 95.5 cm³/mol. The average Bonchev–Trinajstić information content (AvgIpc) is 2.61. The molecule has 5 nitrogen and oxygen atoms in total. The van der Waals surface area contributed by atoms with Gasteiger partial charge >= 0.3 is 0 Å². The van der Waals surface area contributed by atoms with Crippen molar-refractivity contribution in [1.29, 1.82) is 0 Å². The third kappa shape index (κ3) is 4.86. The van der Waals surface area contributed by atoms with Crippen LogP contribution < -0.4 is 14.8 Å². The maximum atomic E-state index is 13.3. The number of carbonyl (C=O) groups excluding carboxylic acids is 1. The Kier molecular flexibility index (Phi) is 6.22. The van der Waals surface area contributed by atoms with Gasteiger partial charge in [0.2, 0.25) is 5.91 Å². The molecule has 0 saturated carbocycles. The predicted octanol–water partition coefficient (Wildman–Crippen LogP) is 3.30. The molecular formula is C19H23FN2O3. The van der Waals surface area contributed by atoms with Crippen LogP contribution in [0.2, 0.25) is 0 Å². The summed E-state index contributed by atoms with van der Waals surface area (Å²) in [6.07, 6.45) is 0. The fraction of sp³-hybridized carbons (Fsp3) is 0.316. The van der Waals surface area contributed by atoms with Crippen molar-refractivity contribution in [2.45, 2.75) is 19.5 Å². The lowest BCUT2D eigenvalue weighted by atomic mass is 10.2. The molecule has 1 N–H and O–H groups in total. The van der Waals surface area contributed by atoms with Crippen LogP contribution in [-0.4, -0.2) is 38.1 Å². The highest BCUT2D eigenvalue weighted by atomic mass is 19.1. The molecule has 134 valence electrons. The lowest BCUT2D eigenvalue weighted by Gasteiger charge is -2.23. The van der Waals surface area contributed by atoms with Crippen molar-refractivity contribution in [3.05, 3.63) is 53.8 Å². The molecule has 0 aliphatic heterocycles. The van der Waals surface area contributed by atoms with Crippen LogP contribution in [0.5, 0.6) is 11.5 Å². The number of ether oxygens (including phenoxy) is 2. The number of anilines is 1. The number of rotatable bonds is 7. The molecular weight excluding hydrogens is 323 g/mol. The van der Waals surface area contributed by atoms with Crippen molar-refractivity contribution in [2.24, 2.45) is 0 Å². The second-order valence-electron chi connectivity index (χ2n) is 5.76.